The summed E-state index contributed by atoms with van der Waals surface area (Å²) < 4.78 is 0. The van der Waals surface area contributed by atoms with E-state index in [1.54, 1.807) is 24.3 Å². The summed E-state index contributed by atoms with van der Waals surface area (Å²) in [4.78, 5) is 11.3. The fourth-order valence-electron chi connectivity index (χ4n) is 1.37. The first-order valence-corrected chi connectivity index (χ1v) is 5.57. The third-order valence-corrected chi connectivity index (χ3v) is 2.47. The second-order valence-electron chi connectivity index (χ2n) is 3.90. The Hall–Kier alpha value is -1.63. The predicted molar refractivity (Wildman–Crippen MR) is 63.9 cm³/mol. The summed E-state index contributed by atoms with van der Waals surface area (Å²) in [6, 6.07) is 6.53. The minimum Gasteiger partial charge on any atom is -0.508 e. The van der Waals surface area contributed by atoms with Crippen LogP contribution in [-0.4, -0.2) is 51.7 Å². The average molecular weight is 255 g/mol. The van der Waals surface area contributed by atoms with Gasteiger partial charge in [0.2, 0.25) is 0 Å². The van der Waals surface area contributed by atoms with Gasteiger partial charge in [-0.2, -0.15) is 0 Å². The minimum absolute atomic E-state index is 0.171. The molecule has 18 heavy (non-hydrogen) atoms. The molecular weight excluding hydrogens is 238 g/mol. The van der Waals surface area contributed by atoms with Gasteiger partial charge in [-0.25, -0.2) is 0 Å². The zero-order chi connectivity index (χ0) is 13.5. The molecule has 6 nitrogen and oxygen atoms in total. The number of rotatable bonds is 6. The van der Waals surface area contributed by atoms with Crippen LogP contribution in [0.2, 0.25) is 0 Å². The van der Waals surface area contributed by atoms with E-state index in [0.717, 1.165) is 5.56 Å². The number of nitrogens with one attached hydrogen (secondary N) is 1. The third kappa shape index (κ3) is 4.33. The summed E-state index contributed by atoms with van der Waals surface area (Å²) in [5, 5.41) is 38.4. The number of hydrogen-bond acceptors (Lipinski definition) is 5. The molecule has 0 spiro atoms. The van der Waals surface area contributed by atoms with Crippen LogP contribution in [0.15, 0.2) is 24.3 Å². The maximum absolute atomic E-state index is 11.3. The standard InChI is InChI=1S/C12H17NO5/c14-7-10(16)11(17)12(18)13-6-5-8-1-3-9(15)4-2-8/h1-4,10-11,14-17H,5-7H2,(H,13,18)/t10-,11-/m1/s1. The molecule has 5 N–H and O–H groups in total. The van der Waals surface area contributed by atoms with E-state index < -0.39 is 24.7 Å². The lowest BCUT2D eigenvalue weighted by Crippen LogP contribution is -2.44. The largest absolute Gasteiger partial charge is 0.508 e. The van der Waals surface area contributed by atoms with Crippen molar-refractivity contribution >= 4 is 5.91 Å². The lowest BCUT2D eigenvalue weighted by atomic mass is 10.1. The van der Waals surface area contributed by atoms with Crippen LogP contribution in [-0.2, 0) is 11.2 Å². The molecule has 0 heterocycles. The van der Waals surface area contributed by atoms with Crippen molar-refractivity contribution in [3.8, 4) is 5.75 Å². The van der Waals surface area contributed by atoms with E-state index in [1.807, 2.05) is 0 Å². The molecule has 2 atom stereocenters. The number of aliphatic hydroxyl groups excluding tert-OH is 3. The lowest BCUT2D eigenvalue weighted by Gasteiger charge is -2.15. The van der Waals surface area contributed by atoms with Crippen molar-refractivity contribution in [2.45, 2.75) is 18.6 Å². The monoisotopic (exact) mass is 255 g/mol. The van der Waals surface area contributed by atoms with Crippen molar-refractivity contribution in [3.05, 3.63) is 29.8 Å². The van der Waals surface area contributed by atoms with E-state index in [9.17, 15) is 9.90 Å². The quantitative estimate of drug-likeness (QED) is 0.437. The van der Waals surface area contributed by atoms with Gasteiger partial charge in [-0.05, 0) is 24.1 Å². The first-order chi connectivity index (χ1) is 8.54. The zero-order valence-corrected chi connectivity index (χ0v) is 9.78. The van der Waals surface area contributed by atoms with Crippen molar-refractivity contribution in [1.29, 1.82) is 0 Å². The molecule has 0 saturated heterocycles. The first-order valence-electron chi connectivity index (χ1n) is 5.57. The maximum Gasteiger partial charge on any atom is 0.251 e. The first kappa shape index (κ1) is 14.4. The number of carbonyl (C=O) groups is 1. The van der Waals surface area contributed by atoms with Crippen LogP contribution < -0.4 is 5.32 Å². The summed E-state index contributed by atoms with van der Waals surface area (Å²) in [7, 11) is 0. The molecule has 1 aromatic carbocycles. The van der Waals surface area contributed by atoms with Crippen molar-refractivity contribution < 1.29 is 25.2 Å². The number of phenolic OH excluding ortho intramolecular Hbond substituents is 1. The molecule has 0 aromatic heterocycles. The molecular formula is C12H17NO5. The van der Waals surface area contributed by atoms with Crippen molar-refractivity contribution in [2.24, 2.45) is 0 Å². The van der Waals surface area contributed by atoms with Gasteiger partial charge in [0.05, 0.1) is 6.61 Å². The molecule has 0 aliphatic carbocycles. The Kier molecular flexibility index (Phi) is 5.57. The highest BCUT2D eigenvalue weighted by atomic mass is 16.4. The molecule has 100 valence electrons. The van der Waals surface area contributed by atoms with Gasteiger partial charge in [0.15, 0.2) is 6.10 Å². The zero-order valence-electron chi connectivity index (χ0n) is 9.78. The van der Waals surface area contributed by atoms with Crippen LogP contribution in [0.1, 0.15) is 5.56 Å². The van der Waals surface area contributed by atoms with E-state index >= 15 is 0 Å². The Morgan fingerprint density at radius 3 is 2.39 bits per heavy atom. The Bertz CT molecular complexity index is 379. The van der Waals surface area contributed by atoms with E-state index in [-0.39, 0.29) is 5.75 Å². The van der Waals surface area contributed by atoms with Gasteiger partial charge < -0.3 is 25.7 Å². The third-order valence-electron chi connectivity index (χ3n) is 2.47. The molecule has 0 fully saturated rings. The minimum atomic E-state index is -1.63. The van der Waals surface area contributed by atoms with Gasteiger partial charge in [-0.15, -0.1) is 0 Å². The molecule has 0 aliphatic heterocycles. The van der Waals surface area contributed by atoms with Crippen LogP contribution in [0.4, 0.5) is 0 Å². The maximum atomic E-state index is 11.3. The Labute approximate surface area is 105 Å². The molecule has 1 amide bonds. The van der Waals surface area contributed by atoms with Crippen LogP contribution in [0.25, 0.3) is 0 Å². The molecule has 0 aliphatic rings. The van der Waals surface area contributed by atoms with Gasteiger partial charge in [0.1, 0.15) is 11.9 Å². The molecule has 6 heteroatoms. The number of aliphatic hydroxyl groups is 3. The van der Waals surface area contributed by atoms with E-state index in [0.29, 0.717) is 13.0 Å². The highest BCUT2D eigenvalue weighted by molar-refractivity contribution is 5.81. The van der Waals surface area contributed by atoms with E-state index in [1.165, 1.54) is 0 Å². The number of amides is 1. The van der Waals surface area contributed by atoms with Crippen molar-refractivity contribution in [1.82, 2.24) is 5.32 Å². The highest BCUT2D eigenvalue weighted by Crippen LogP contribution is 2.09. The second-order valence-corrected chi connectivity index (χ2v) is 3.90. The SMILES string of the molecule is O=C(NCCc1ccc(O)cc1)[C@H](O)[C@H](O)CO. The van der Waals surface area contributed by atoms with Gasteiger partial charge in [-0.1, -0.05) is 12.1 Å². The summed E-state index contributed by atoms with van der Waals surface area (Å²) in [5.41, 5.74) is 0.922. The molecule has 1 aromatic rings. The van der Waals surface area contributed by atoms with Gasteiger partial charge in [-0.3, -0.25) is 4.79 Å². The predicted octanol–water partition coefficient (Wildman–Crippen LogP) is -1.24. The number of phenols is 1. The summed E-state index contributed by atoms with van der Waals surface area (Å²) in [6.07, 6.45) is -2.57. The Morgan fingerprint density at radius 2 is 1.83 bits per heavy atom. The van der Waals surface area contributed by atoms with Crippen LogP contribution >= 0.6 is 0 Å². The summed E-state index contributed by atoms with van der Waals surface area (Å²) in [6.45, 7) is -0.384. The highest BCUT2D eigenvalue weighted by Gasteiger charge is 2.22. The van der Waals surface area contributed by atoms with Gasteiger partial charge >= 0.3 is 0 Å². The fourth-order valence-corrected chi connectivity index (χ4v) is 1.37. The Morgan fingerprint density at radius 1 is 1.22 bits per heavy atom. The summed E-state index contributed by atoms with van der Waals surface area (Å²) in [5.74, 6) is -0.556. The van der Waals surface area contributed by atoms with Crippen LogP contribution in [0, 0.1) is 0 Å². The number of benzene rings is 1. The Balaban J connectivity index is 2.33. The molecule has 0 bridgehead atoms. The normalized spacial score (nSPS) is 13.9. The lowest BCUT2D eigenvalue weighted by molar-refractivity contribution is -0.136. The van der Waals surface area contributed by atoms with Gasteiger partial charge in [0.25, 0.3) is 5.91 Å². The molecule has 0 radical (unpaired) electrons. The smallest absolute Gasteiger partial charge is 0.251 e. The fraction of sp³-hybridized carbons (Fsp3) is 0.417. The molecule has 0 saturated carbocycles. The summed E-state index contributed by atoms with van der Waals surface area (Å²) >= 11 is 0. The molecule has 0 unspecified atom stereocenters. The number of carbonyl (C=O) groups excluding carboxylic acids is 1. The van der Waals surface area contributed by atoms with Gasteiger partial charge in [0, 0.05) is 6.54 Å². The number of hydrogen-bond donors (Lipinski definition) is 5. The topological polar surface area (TPSA) is 110 Å². The molecule has 1 rings (SSSR count). The van der Waals surface area contributed by atoms with Crippen LogP contribution in [0.3, 0.4) is 0 Å². The van der Waals surface area contributed by atoms with E-state index in [4.69, 9.17) is 15.3 Å². The van der Waals surface area contributed by atoms with Crippen molar-refractivity contribution in [2.75, 3.05) is 13.2 Å². The van der Waals surface area contributed by atoms with E-state index in [2.05, 4.69) is 5.32 Å². The second kappa shape index (κ2) is 6.95. The number of aromatic hydroxyl groups is 1. The van der Waals surface area contributed by atoms with Crippen molar-refractivity contribution in [3.63, 3.8) is 0 Å². The average Bonchev–Trinajstić information content (AvgIpc) is 2.39. The van der Waals surface area contributed by atoms with Crippen LogP contribution in [0.5, 0.6) is 5.75 Å².